The molecule has 0 atom stereocenters. The lowest BCUT2D eigenvalue weighted by Crippen LogP contribution is -1.92. The van der Waals surface area contributed by atoms with E-state index >= 15 is 0 Å². The van der Waals surface area contributed by atoms with E-state index in [1.54, 1.807) is 12.1 Å². The lowest BCUT2D eigenvalue weighted by Gasteiger charge is -2.01. The average Bonchev–Trinajstić information content (AvgIpc) is 1.82. The van der Waals surface area contributed by atoms with Crippen LogP contribution in [-0.4, -0.2) is 8.42 Å². The summed E-state index contributed by atoms with van der Waals surface area (Å²) in [5.74, 6) is 0. The van der Waals surface area contributed by atoms with Crippen molar-refractivity contribution in [1.29, 1.82) is 0 Å². The molecule has 1 rings (SSSR count). The molecule has 0 aliphatic heterocycles. The Morgan fingerprint density at radius 2 is 1.92 bits per heavy atom. The number of rotatable bonds is 1. The molecular formula is C6H3Br2ClO2S. The molecule has 0 saturated carbocycles. The minimum atomic E-state index is -3.43. The first-order chi connectivity index (χ1) is 5.43. The van der Waals surface area contributed by atoms with Crippen molar-refractivity contribution in [3.05, 3.63) is 27.7 Å². The molecule has 0 heterocycles. The van der Waals surface area contributed by atoms with Crippen molar-refractivity contribution in [3.63, 3.8) is 0 Å². The zero-order valence-corrected chi connectivity index (χ0v) is 10.3. The van der Waals surface area contributed by atoms with Crippen LogP contribution in [0, 0.1) is 0 Å². The van der Waals surface area contributed by atoms with E-state index in [0.29, 0.717) is 4.47 Å². The second-order valence-electron chi connectivity index (χ2n) is 1.99. The molecule has 0 bridgehead atoms. The molecule has 0 aliphatic rings. The van der Waals surface area contributed by atoms with Gasteiger partial charge in [-0.05, 0) is 28.1 Å². The molecule has 2 nitrogen and oxygen atoms in total. The Bertz CT molecular complexity index is 382. The molecule has 0 N–H and O–H groups in total. The van der Waals surface area contributed by atoms with Crippen LogP contribution in [0.4, 0.5) is 0 Å². The van der Waals surface area contributed by atoms with E-state index in [1.807, 2.05) is 0 Å². The summed E-state index contributed by atoms with van der Waals surface area (Å²) in [4.78, 5) is 0.0617. The fraction of sp³-hybridized carbons (Fsp3) is 0. The highest BCUT2D eigenvalue weighted by atomic mass is 79.9. The maximum absolute atomic E-state index is 11.1. The number of benzene rings is 1. The summed E-state index contributed by atoms with van der Waals surface area (Å²) < 4.78 is 22.6. The molecular weight excluding hydrogens is 331 g/mol. The summed E-state index contributed by atoms with van der Waals surface area (Å²) in [7, 11) is -3.43. The molecule has 12 heavy (non-hydrogen) atoms. The first-order valence-electron chi connectivity index (χ1n) is 2.81. The summed E-state index contributed by atoms with van der Waals surface area (Å²) >= 11 is 11.3. The van der Waals surface area contributed by atoms with Crippen LogP contribution in [0.1, 0.15) is 0 Å². The minimum absolute atomic E-state index is 0.0617. The zero-order chi connectivity index (χ0) is 9.35. The van der Waals surface area contributed by atoms with Gasteiger partial charge in [-0.3, -0.25) is 0 Å². The van der Waals surface area contributed by atoms with Gasteiger partial charge in [0.15, 0.2) is 0 Å². The standard InChI is InChI=1S/C6H3Br2ClO2S/c7-4-2-1-3-5(9)6(4)12(8,10)11/h1-3H. The molecule has 0 fully saturated rings. The largest absolute Gasteiger partial charge is 0.240 e. The summed E-state index contributed by atoms with van der Waals surface area (Å²) in [6.45, 7) is 0. The van der Waals surface area contributed by atoms with Gasteiger partial charge in [0.05, 0.1) is 19.8 Å². The normalized spacial score (nSPS) is 11.6. The van der Waals surface area contributed by atoms with Crippen LogP contribution in [0.2, 0.25) is 5.02 Å². The van der Waals surface area contributed by atoms with Gasteiger partial charge in [0.1, 0.15) is 4.90 Å². The average molecular weight is 334 g/mol. The fourth-order valence-electron chi connectivity index (χ4n) is 0.715. The Morgan fingerprint density at radius 3 is 2.25 bits per heavy atom. The van der Waals surface area contributed by atoms with Crippen LogP contribution < -0.4 is 0 Å². The molecule has 0 spiro atoms. The SMILES string of the molecule is O=S(=O)(Br)c1c(Cl)cccc1Br. The minimum Gasteiger partial charge on any atom is -0.212 e. The third kappa shape index (κ3) is 2.22. The van der Waals surface area contributed by atoms with Gasteiger partial charge in [0, 0.05) is 4.47 Å². The second-order valence-corrected chi connectivity index (χ2v) is 7.09. The number of halogens is 3. The maximum Gasteiger partial charge on any atom is 0.240 e. The van der Waals surface area contributed by atoms with Gasteiger partial charge in [-0.25, -0.2) is 8.42 Å². The van der Waals surface area contributed by atoms with Crippen molar-refractivity contribution >= 4 is 50.6 Å². The van der Waals surface area contributed by atoms with Crippen molar-refractivity contribution < 1.29 is 8.42 Å². The van der Waals surface area contributed by atoms with Gasteiger partial charge >= 0.3 is 0 Å². The highest BCUT2D eigenvalue weighted by Crippen LogP contribution is 2.32. The van der Waals surface area contributed by atoms with Gasteiger partial charge in [0.2, 0.25) is 8.27 Å². The Hall–Kier alpha value is 0.420. The topological polar surface area (TPSA) is 34.1 Å². The molecule has 0 amide bonds. The Balaban J connectivity index is 3.53. The second kappa shape index (κ2) is 3.65. The van der Waals surface area contributed by atoms with Crippen LogP contribution in [0.25, 0.3) is 0 Å². The summed E-state index contributed by atoms with van der Waals surface area (Å²) in [5, 5.41) is 0.196. The van der Waals surface area contributed by atoms with E-state index in [-0.39, 0.29) is 9.92 Å². The van der Waals surface area contributed by atoms with Gasteiger partial charge in [-0.15, -0.1) is 0 Å². The van der Waals surface area contributed by atoms with Crippen molar-refractivity contribution in [3.8, 4) is 0 Å². The van der Waals surface area contributed by atoms with Crippen LogP contribution >= 0.6 is 42.3 Å². The molecule has 66 valence electrons. The highest BCUT2D eigenvalue weighted by molar-refractivity contribution is 9.47. The maximum atomic E-state index is 11.1. The Labute approximate surface area is 91.2 Å². The zero-order valence-electron chi connectivity index (χ0n) is 5.59. The summed E-state index contributed by atoms with van der Waals surface area (Å²) in [5.41, 5.74) is 0. The Morgan fingerprint density at radius 1 is 1.33 bits per heavy atom. The van der Waals surface area contributed by atoms with E-state index in [1.165, 1.54) is 6.07 Å². The van der Waals surface area contributed by atoms with E-state index in [0.717, 1.165) is 0 Å². The van der Waals surface area contributed by atoms with E-state index in [9.17, 15) is 8.42 Å². The quantitative estimate of drug-likeness (QED) is 0.739. The fourth-order valence-corrected chi connectivity index (χ4v) is 4.89. The van der Waals surface area contributed by atoms with Crippen LogP contribution in [0.3, 0.4) is 0 Å². The number of hydrogen-bond donors (Lipinski definition) is 0. The third-order valence-corrected chi connectivity index (χ3v) is 4.41. The molecule has 0 saturated heterocycles. The van der Waals surface area contributed by atoms with Crippen molar-refractivity contribution in [2.24, 2.45) is 0 Å². The van der Waals surface area contributed by atoms with Crippen molar-refractivity contribution in [1.82, 2.24) is 0 Å². The predicted octanol–water partition coefficient (Wildman–Crippen LogP) is 3.19. The monoisotopic (exact) mass is 332 g/mol. The molecule has 6 heteroatoms. The smallest absolute Gasteiger partial charge is 0.212 e. The van der Waals surface area contributed by atoms with Gasteiger partial charge in [-0.1, -0.05) is 17.7 Å². The first-order valence-corrected chi connectivity index (χ1v) is 7.31. The molecule has 0 unspecified atom stereocenters. The van der Waals surface area contributed by atoms with Gasteiger partial charge in [0.25, 0.3) is 0 Å². The molecule has 1 aromatic carbocycles. The van der Waals surface area contributed by atoms with Gasteiger partial charge < -0.3 is 0 Å². The molecule has 0 radical (unpaired) electrons. The lowest BCUT2D eigenvalue weighted by molar-refractivity contribution is 0.611. The molecule has 0 aliphatic carbocycles. The summed E-state index contributed by atoms with van der Waals surface area (Å²) in [6.07, 6.45) is 0. The summed E-state index contributed by atoms with van der Waals surface area (Å²) in [6, 6.07) is 4.79. The van der Waals surface area contributed by atoms with E-state index in [2.05, 4.69) is 30.7 Å². The van der Waals surface area contributed by atoms with Crippen LogP contribution in [-0.2, 0) is 8.27 Å². The predicted molar refractivity (Wildman–Crippen MR) is 55.3 cm³/mol. The van der Waals surface area contributed by atoms with Crippen molar-refractivity contribution in [2.75, 3.05) is 0 Å². The Kier molecular flexibility index (Phi) is 3.20. The van der Waals surface area contributed by atoms with Crippen LogP contribution in [0.5, 0.6) is 0 Å². The first kappa shape index (κ1) is 10.5. The highest BCUT2D eigenvalue weighted by Gasteiger charge is 2.17. The van der Waals surface area contributed by atoms with Gasteiger partial charge in [-0.2, -0.15) is 0 Å². The third-order valence-electron chi connectivity index (χ3n) is 1.16. The number of hydrogen-bond acceptors (Lipinski definition) is 2. The molecule has 0 aromatic heterocycles. The van der Waals surface area contributed by atoms with E-state index < -0.39 is 8.27 Å². The van der Waals surface area contributed by atoms with Crippen LogP contribution in [0.15, 0.2) is 27.6 Å². The molecule has 1 aromatic rings. The lowest BCUT2D eigenvalue weighted by atomic mass is 10.4. The van der Waals surface area contributed by atoms with E-state index in [4.69, 9.17) is 11.6 Å². The van der Waals surface area contributed by atoms with Crippen molar-refractivity contribution in [2.45, 2.75) is 4.90 Å².